The molecule has 0 aliphatic carbocycles. The van der Waals surface area contributed by atoms with Gasteiger partial charge >= 0.3 is 6.18 Å². The molecule has 0 bridgehead atoms. The van der Waals surface area contributed by atoms with Crippen LogP contribution in [-0.4, -0.2) is 62.9 Å². The van der Waals surface area contributed by atoms with Gasteiger partial charge in [-0.3, -0.25) is 0 Å². The first kappa shape index (κ1) is 24.2. The molecule has 0 N–H and O–H groups in total. The summed E-state index contributed by atoms with van der Waals surface area (Å²) < 4.78 is 64.3. The average molecular weight is 401 g/mol. The number of hydrogen-bond donors (Lipinski definition) is 0. The minimum Gasteiger partial charge on any atom is -0.504 e. The second-order valence-corrected chi connectivity index (χ2v) is 8.52. The van der Waals surface area contributed by atoms with Crippen molar-refractivity contribution in [3.05, 3.63) is 11.8 Å². The molecular formula is C15H26F3N3O4S. The summed E-state index contributed by atoms with van der Waals surface area (Å²) >= 11 is 0. The number of nitrogens with zero attached hydrogens (tertiary/aromatic N) is 3. The lowest BCUT2D eigenvalue weighted by Crippen LogP contribution is -2.26. The van der Waals surface area contributed by atoms with Gasteiger partial charge in [-0.2, -0.15) is 18.3 Å². The van der Waals surface area contributed by atoms with E-state index in [1.165, 1.54) is 28.1 Å². The molecule has 1 rings (SSSR count). The molecule has 11 heteroatoms. The van der Waals surface area contributed by atoms with E-state index < -0.39 is 27.3 Å². The van der Waals surface area contributed by atoms with E-state index in [2.05, 4.69) is 15.0 Å². The number of hydrogen-bond acceptors (Lipinski definition) is 7. The van der Waals surface area contributed by atoms with E-state index in [1.807, 2.05) is 13.8 Å². The maximum Gasteiger partial charge on any atom is 0.435 e. The van der Waals surface area contributed by atoms with Gasteiger partial charge in [0.1, 0.15) is 5.60 Å². The van der Waals surface area contributed by atoms with Crippen molar-refractivity contribution in [3.63, 3.8) is 0 Å². The van der Waals surface area contributed by atoms with Gasteiger partial charge in [-0.25, -0.2) is 8.42 Å². The van der Waals surface area contributed by atoms with Crippen LogP contribution < -0.4 is 0 Å². The van der Waals surface area contributed by atoms with Crippen LogP contribution in [0.25, 0.3) is 0 Å². The number of rotatable bonds is 4. The molecule has 0 unspecified atom stereocenters. The Bertz CT molecular complexity index is 666. The molecule has 0 radical (unpaired) electrons. The molecule has 0 saturated carbocycles. The van der Waals surface area contributed by atoms with Crippen molar-refractivity contribution < 1.29 is 31.2 Å². The van der Waals surface area contributed by atoms with E-state index in [-0.39, 0.29) is 16.4 Å². The number of ether oxygens (including phenoxy) is 1. The fourth-order valence-electron chi connectivity index (χ4n) is 1.73. The van der Waals surface area contributed by atoms with E-state index in [9.17, 15) is 21.6 Å². The zero-order chi connectivity index (χ0) is 20.8. The average Bonchev–Trinajstić information content (AvgIpc) is 2.85. The van der Waals surface area contributed by atoms with Crippen LogP contribution in [0.5, 0.6) is 0 Å². The zero-order valence-corrected chi connectivity index (χ0v) is 16.8. The summed E-state index contributed by atoms with van der Waals surface area (Å²) in [5.41, 5.74) is -1.48. The standard InChI is InChI=1S/C8H13F3N2O.C7H13NO3S/c1-6(5-14-4)7(8(9,10)11)12-13(2)3;1-4-12(9,10)6-5-7(2,3)11-8-6/h5H,1-4H3;4-5H2,1-3H3/b6-5+,12-7+;. The Morgan fingerprint density at radius 3 is 2.27 bits per heavy atom. The fourth-order valence-corrected chi connectivity index (χ4v) is 2.78. The molecule has 0 spiro atoms. The van der Waals surface area contributed by atoms with E-state index in [0.29, 0.717) is 6.42 Å². The summed E-state index contributed by atoms with van der Waals surface area (Å²) in [7, 11) is 0.986. The van der Waals surface area contributed by atoms with Crippen LogP contribution in [0.1, 0.15) is 34.1 Å². The smallest absolute Gasteiger partial charge is 0.435 e. The van der Waals surface area contributed by atoms with Crippen LogP contribution >= 0.6 is 0 Å². The maximum atomic E-state index is 12.4. The third-order valence-corrected chi connectivity index (χ3v) is 4.64. The van der Waals surface area contributed by atoms with Crippen molar-refractivity contribution in [1.29, 1.82) is 0 Å². The first-order valence-corrected chi connectivity index (χ1v) is 9.32. The van der Waals surface area contributed by atoms with Gasteiger partial charge in [0, 0.05) is 26.1 Å². The van der Waals surface area contributed by atoms with Gasteiger partial charge in [0.15, 0.2) is 20.6 Å². The monoisotopic (exact) mass is 401 g/mol. The molecule has 0 amide bonds. The van der Waals surface area contributed by atoms with Crippen LogP contribution in [0, 0.1) is 0 Å². The molecule has 1 heterocycles. The van der Waals surface area contributed by atoms with Gasteiger partial charge in [0.2, 0.25) is 0 Å². The highest BCUT2D eigenvalue weighted by Crippen LogP contribution is 2.24. The Kier molecular flexibility index (Phi) is 8.61. The van der Waals surface area contributed by atoms with Gasteiger partial charge in [-0.15, -0.1) is 0 Å². The Hall–Kier alpha value is -1.78. The summed E-state index contributed by atoms with van der Waals surface area (Å²) in [6, 6.07) is 0. The van der Waals surface area contributed by atoms with E-state index in [4.69, 9.17) is 4.84 Å². The molecule has 0 aromatic rings. The molecule has 0 aromatic heterocycles. The van der Waals surface area contributed by atoms with Crippen LogP contribution in [0.4, 0.5) is 13.2 Å². The molecule has 152 valence electrons. The lowest BCUT2D eigenvalue weighted by atomic mass is 10.1. The van der Waals surface area contributed by atoms with Crippen LogP contribution in [0.3, 0.4) is 0 Å². The molecular weight excluding hydrogens is 375 g/mol. The van der Waals surface area contributed by atoms with Crippen LogP contribution in [0.2, 0.25) is 0 Å². The van der Waals surface area contributed by atoms with Crippen molar-refractivity contribution in [3.8, 4) is 0 Å². The summed E-state index contributed by atoms with van der Waals surface area (Å²) in [6.45, 7) is 6.52. The highest BCUT2D eigenvalue weighted by atomic mass is 32.2. The Morgan fingerprint density at radius 1 is 1.42 bits per heavy atom. The summed E-state index contributed by atoms with van der Waals surface area (Å²) in [6.07, 6.45) is -3.08. The van der Waals surface area contributed by atoms with Gasteiger partial charge in [-0.1, -0.05) is 12.1 Å². The Labute approximate surface area is 152 Å². The first-order chi connectivity index (χ1) is 11.7. The van der Waals surface area contributed by atoms with Gasteiger partial charge in [-0.05, 0) is 20.8 Å². The van der Waals surface area contributed by atoms with Crippen molar-refractivity contribution in [2.75, 3.05) is 27.0 Å². The summed E-state index contributed by atoms with van der Waals surface area (Å²) in [5, 5.41) is 8.17. The van der Waals surface area contributed by atoms with E-state index >= 15 is 0 Å². The largest absolute Gasteiger partial charge is 0.504 e. The molecule has 0 saturated heterocycles. The highest BCUT2D eigenvalue weighted by molar-refractivity contribution is 8.06. The molecule has 0 aromatic carbocycles. The number of methoxy groups -OCH3 is 1. The van der Waals surface area contributed by atoms with Crippen molar-refractivity contribution in [1.82, 2.24) is 5.01 Å². The minimum atomic E-state index is -4.47. The SMILES string of the molecule is CCS(=O)(=O)C1=NOC(C)(C)C1.CO/C=C(C)/C(=N\N(C)C)C(F)(F)F. The normalized spacial score (nSPS) is 17.7. The van der Waals surface area contributed by atoms with Gasteiger partial charge < -0.3 is 14.6 Å². The van der Waals surface area contributed by atoms with E-state index in [1.54, 1.807) is 6.92 Å². The van der Waals surface area contributed by atoms with Crippen molar-refractivity contribution in [2.45, 2.75) is 45.9 Å². The van der Waals surface area contributed by atoms with Crippen molar-refractivity contribution >= 4 is 20.6 Å². The molecule has 26 heavy (non-hydrogen) atoms. The van der Waals surface area contributed by atoms with Crippen LogP contribution in [-0.2, 0) is 19.4 Å². The number of hydrazone groups is 1. The molecule has 7 nitrogen and oxygen atoms in total. The highest BCUT2D eigenvalue weighted by Gasteiger charge is 2.37. The number of oxime groups is 1. The molecule has 0 atom stereocenters. The zero-order valence-electron chi connectivity index (χ0n) is 16.0. The van der Waals surface area contributed by atoms with Gasteiger partial charge in [0.05, 0.1) is 19.1 Å². The minimum absolute atomic E-state index is 0.0614. The van der Waals surface area contributed by atoms with Gasteiger partial charge in [0.25, 0.3) is 0 Å². The Morgan fingerprint density at radius 2 is 1.96 bits per heavy atom. The Balaban J connectivity index is 0.000000485. The van der Waals surface area contributed by atoms with Crippen LogP contribution in [0.15, 0.2) is 22.1 Å². The summed E-state index contributed by atoms with van der Waals surface area (Å²) in [5.74, 6) is 0.0886. The molecule has 1 aliphatic heterocycles. The first-order valence-electron chi connectivity index (χ1n) is 7.67. The summed E-state index contributed by atoms with van der Waals surface area (Å²) in [4.78, 5) is 4.95. The topological polar surface area (TPSA) is 80.6 Å². The number of alkyl halides is 3. The third-order valence-electron chi connectivity index (χ3n) is 2.95. The third kappa shape index (κ3) is 8.07. The second-order valence-electron chi connectivity index (χ2n) is 6.25. The fraction of sp³-hybridized carbons (Fsp3) is 0.733. The molecule has 0 fully saturated rings. The van der Waals surface area contributed by atoms with Crippen molar-refractivity contribution in [2.24, 2.45) is 10.3 Å². The second kappa shape index (κ2) is 9.24. The predicted molar refractivity (Wildman–Crippen MR) is 94.6 cm³/mol. The number of halogens is 3. The van der Waals surface area contributed by atoms with E-state index in [0.717, 1.165) is 11.3 Å². The lowest BCUT2D eigenvalue weighted by molar-refractivity contribution is -0.0595. The lowest BCUT2D eigenvalue weighted by Gasteiger charge is -2.13. The number of allylic oxidation sites excluding steroid dienone is 1. The number of sulfone groups is 1. The maximum absolute atomic E-state index is 12.4. The molecule has 1 aliphatic rings. The predicted octanol–water partition coefficient (Wildman–Crippen LogP) is 2.95. The quantitative estimate of drug-likeness (QED) is 0.411.